The van der Waals surface area contributed by atoms with Crippen LogP contribution in [0.25, 0.3) is 10.8 Å². The predicted octanol–water partition coefficient (Wildman–Crippen LogP) is 8.74. The maximum Gasteiger partial charge on any atom is 0.514 e. The molecule has 1 amide bonds. The maximum atomic E-state index is 13.3. The predicted molar refractivity (Wildman–Crippen MR) is 243 cm³/mol. The van der Waals surface area contributed by atoms with Gasteiger partial charge in [0.2, 0.25) is 0 Å². The molecule has 3 aromatic carbocycles. The first kappa shape index (κ1) is 49.1. The van der Waals surface area contributed by atoms with Crippen molar-refractivity contribution in [3.63, 3.8) is 0 Å². The molecule has 3 aliphatic rings. The summed E-state index contributed by atoms with van der Waals surface area (Å²) in [5.74, 6) is 0.492. The van der Waals surface area contributed by atoms with Gasteiger partial charge in [-0.15, -0.1) is 0 Å². The van der Waals surface area contributed by atoms with E-state index in [-0.39, 0.29) is 35.4 Å². The number of rotatable bonds is 10. The largest absolute Gasteiger partial charge is 0.514 e. The first-order valence-electron chi connectivity index (χ1n) is 21.2. The van der Waals surface area contributed by atoms with Gasteiger partial charge >= 0.3 is 12.2 Å². The van der Waals surface area contributed by atoms with Gasteiger partial charge in [-0.2, -0.15) is 15.2 Å². The van der Waals surface area contributed by atoms with Crippen LogP contribution in [0.3, 0.4) is 0 Å². The summed E-state index contributed by atoms with van der Waals surface area (Å²) >= 11 is 0. The smallest absolute Gasteiger partial charge is 0.462 e. The third-order valence-electron chi connectivity index (χ3n) is 10.7. The quantitative estimate of drug-likeness (QED) is 0.0488. The normalized spacial score (nSPS) is 15.8. The van der Waals surface area contributed by atoms with E-state index in [1.165, 1.54) is 66.2 Å². The van der Waals surface area contributed by atoms with Gasteiger partial charge in [0.15, 0.2) is 0 Å². The molecule has 1 aromatic heterocycles. The average Bonchev–Trinajstić information content (AvgIpc) is 3.72. The van der Waals surface area contributed by atoms with Crippen molar-refractivity contribution >= 4 is 40.0 Å². The molecule has 3 aliphatic heterocycles. The average molecular weight is 867 g/mol. The highest BCUT2D eigenvalue weighted by molar-refractivity contribution is 5.97. The van der Waals surface area contributed by atoms with Crippen molar-refractivity contribution < 1.29 is 33.1 Å². The van der Waals surface area contributed by atoms with Crippen molar-refractivity contribution in [2.24, 2.45) is 0 Å². The molecule has 1 atom stereocenters. The first-order chi connectivity index (χ1) is 30.3. The van der Waals surface area contributed by atoms with Crippen LogP contribution in [0.4, 0.5) is 26.4 Å². The summed E-state index contributed by atoms with van der Waals surface area (Å²) in [6, 6.07) is 20.3. The number of piperazine rings is 1. The molecule has 16 heteroatoms. The van der Waals surface area contributed by atoms with Crippen molar-refractivity contribution in [3.05, 3.63) is 112 Å². The highest BCUT2D eigenvalue weighted by Crippen LogP contribution is 2.36. The van der Waals surface area contributed by atoms with Gasteiger partial charge in [0.05, 0.1) is 29.1 Å². The number of nitrogens with zero attached hydrogens (tertiary/aromatic N) is 8. The molecule has 0 aliphatic carbocycles. The van der Waals surface area contributed by atoms with Gasteiger partial charge in [-0.3, -0.25) is 14.9 Å². The highest BCUT2D eigenvalue weighted by Gasteiger charge is 2.31. The van der Waals surface area contributed by atoms with Crippen LogP contribution in [0.1, 0.15) is 64.3 Å². The molecule has 2 saturated heterocycles. The second-order valence-corrected chi connectivity index (χ2v) is 14.8. The second kappa shape index (κ2) is 24.1. The number of allylic oxidation sites excluding steroid dienone is 2. The number of hydrogen-bond donors (Lipinski definition) is 0. The minimum atomic E-state index is -1.04. The molecule has 2 fully saturated rings. The van der Waals surface area contributed by atoms with Gasteiger partial charge in [0.25, 0.3) is 11.6 Å². The van der Waals surface area contributed by atoms with Crippen molar-refractivity contribution in [2.75, 3.05) is 69.3 Å². The zero-order valence-corrected chi connectivity index (χ0v) is 37.4. The van der Waals surface area contributed by atoms with Gasteiger partial charge in [-0.1, -0.05) is 56.8 Å². The summed E-state index contributed by atoms with van der Waals surface area (Å²) < 4.78 is 27.8. The number of nitro groups is 1. The molecular formula is C47H59FN8O7. The van der Waals surface area contributed by atoms with Crippen LogP contribution in [0, 0.1) is 28.4 Å². The zero-order valence-electron chi connectivity index (χ0n) is 37.4. The molecular weight excluding hydrogens is 808 g/mol. The molecule has 0 spiro atoms. The lowest BCUT2D eigenvalue weighted by Crippen LogP contribution is -2.50. The van der Waals surface area contributed by atoms with Crippen LogP contribution >= 0.6 is 0 Å². The Morgan fingerprint density at radius 3 is 2.27 bits per heavy atom. The fourth-order valence-corrected chi connectivity index (χ4v) is 7.36. The number of nitro benzene ring substituents is 1. The van der Waals surface area contributed by atoms with Crippen molar-refractivity contribution in [3.8, 4) is 17.8 Å². The minimum absolute atomic E-state index is 0.0800. The van der Waals surface area contributed by atoms with Gasteiger partial charge in [-0.25, -0.2) is 9.18 Å². The monoisotopic (exact) mass is 866 g/mol. The van der Waals surface area contributed by atoms with E-state index < -0.39 is 11.1 Å². The summed E-state index contributed by atoms with van der Waals surface area (Å²) in [6.07, 6.45) is 3.36. The van der Waals surface area contributed by atoms with Gasteiger partial charge in [-0.05, 0) is 82.8 Å². The van der Waals surface area contributed by atoms with Crippen LogP contribution in [-0.4, -0.2) is 102 Å². The topological polar surface area (TPSA) is 168 Å². The van der Waals surface area contributed by atoms with Gasteiger partial charge in [0.1, 0.15) is 24.8 Å². The molecule has 336 valence electrons. The summed E-state index contributed by atoms with van der Waals surface area (Å²) in [7, 11) is 2.12. The lowest BCUT2D eigenvalue weighted by molar-refractivity contribution is -0.384. The Morgan fingerprint density at radius 1 is 1.02 bits per heavy atom. The number of benzene rings is 3. The van der Waals surface area contributed by atoms with Gasteiger partial charge in [0, 0.05) is 80.0 Å². The van der Waals surface area contributed by atoms with Crippen LogP contribution in [0.2, 0.25) is 0 Å². The summed E-state index contributed by atoms with van der Waals surface area (Å²) in [6.45, 7) is 19.1. The summed E-state index contributed by atoms with van der Waals surface area (Å²) in [5, 5.41) is 20.6. The molecule has 0 N–H and O–H groups in total. The third kappa shape index (κ3) is 13.4. The highest BCUT2D eigenvalue weighted by atomic mass is 19.1. The van der Waals surface area contributed by atoms with E-state index in [9.17, 15) is 24.1 Å². The fraction of sp³-hybridized carbons (Fsp3) is 0.426. The number of ether oxygens (including phenoxy) is 3. The minimum Gasteiger partial charge on any atom is -0.462 e. The summed E-state index contributed by atoms with van der Waals surface area (Å²) in [4.78, 5) is 54.4. The number of carbonyl (C=O) groups is 2. The number of fused-ring (bicyclic) bond motifs is 2. The molecule has 7 rings (SSSR count). The fourth-order valence-electron chi connectivity index (χ4n) is 7.36. The lowest BCUT2D eigenvalue weighted by atomic mass is 9.99. The van der Waals surface area contributed by atoms with Crippen LogP contribution in [0.15, 0.2) is 84.7 Å². The van der Waals surface area contributed by atoms with E-state index in [4.69, 9.17) is 29.4 Å². The number of carbonyl (C=O) groups excluding carboxylic acids is 2. The Kier molecular flexibility index (Phi) is 18.8. The van der Waals surface area contributed by atoms with Crippen LogP contribution < -0.4 is 19.3 Å². The number of halogens is 1. The Labute approximate surface area is 369 Å². The van der Waals surface area contributed by atoms with E-state index in [0.717, 1.165) is 49.4 Å². The molecule has 0 saturated carbocycles. The molecule has 4 aromatic rings. The van der Waals surface area contributed by atoms with E-state index in [1.54, 1.807) is 17.9 Å². The number of non-ortho nitro benzene ring substituents is 1. The number of nitriles is 1. The van der Waals surface area contributed by atoms with Crippen LogP contribution in [-0.2, 0) is 22.5 Å². The van der Waals surface area contributed by atoms with E-state index in [2.05, 4.69) is 71.6 Å². The van der Waals surface area contributed by atoms with Crippen LogP contribution in [0.5, 0.6) is 11.8 Å². The molecule has 63 heavy (non-hydrogen) atoms. The number of likely N-dealkylation sites (tertiary alicyclic amines) is 1. The Balaban J connectivity index is 0.000000794. The SMILES string of the molecule is C/C=C(/C)F.C=C(COC(=O)Oc1ccc([N+](=O)[O-])cc1)C(=O)N1CCN(c2nc(OCC3CCCN3C)nc3c2CCN(c2cccc4cccc(C)c24)C3)CC1.CC.CC#N. The van der Waals surface area contributed by atoms with Crippen molar-refractivity contribution in [1.82, 2.24) is 19.8 Å². The Bertz CT molecular complexity index is 2260. The standard InChI is InChI=1S/C39H43N7O7.C4H7F.C2H3N.C2H6/c1-26-7-4-8-28-9-5-11-34(35(26)28)45-18-16-32-33(23-45)40-38(51-25-30-10-6-17-42(30)3)41-36(32)43-19-21-44(22-20-43)37(47)27(2)24-52-39(48)53-31-14-12-29(13-15-31)46(49)50;1-3-4(2)5;1-2-3;1-2/h4-5,7-9,11-15,30H,2,6,10,16-25H2,1,3H3;3H,1-2H3;1H3;1-2H3/b;4-3-;;. The van der Waals surface area contributed by atoms with Gasteiger partial charge < -0.3 is 33.8 Å². The van der Waals surface area contributed by atoms with Crippen molar-refractivity contribution in [1.29, 1.82) is 5.26 Å². The molecule has 15 nitrogen and oxygen atoms in total. The molecule has 0 bridgehead atoms. The Hall–Kier alpha value is -6.60. The summed E-state index contributed by atoms with van der Waals surface area (Å²) in [5.41, 5.74) is 4.45. The Morgan fingerprint density at radius 2 is 1.67 bits per heavy atom. The molecule has 1 unspecified atom stereocenters. The number of likely N-dealkylation sites (N-methyl/N-ethyl adjacent to an activating group) is 1. The number of aryl methyl sites for hydroxylation is 1. The number of anilines is 2. The third-order valence-corrected chi connectivity index (χ3v) is 10.7. The number of hydrogen-bond acceptors (Lipinski definition) is 13. The molecule has 4 heterocycles. The second-order valence-electron chi connectivity index (χ2n) is 14.8. The lowest BCUT2D eigenvalue weighted by Gasteiger charge is -2.38. The number of aromatic nitrogens is 2. The number of amides is 1. The van der Waals surface area contributed by atoms with E-state index in [0.29, 0.717) is 51.4 Å². The van der Waals surface area contributed by atoms with E-state index in [1.807, 2.05) is 13.8 Å². The van der Waals surface area contributed by atoms with E-state index >= 15 is 0 Å². The first-order valence-corrected chi connectivity index (χ1v) is 21.2. The van der Waals surface area contributed by atoms with Crippen molar-refractivity contribution in [2.45, 2.75) is 73.4 Å². The molecule has 0 radical (unpaired) electrons. The zero-order chi connectivity index (χ0) is 46.1. The maximum absolute atomic E-state index is 13.3.